The van der Waals surface area contributed by atoms with Crippen LogP contribution in [0.25, 0.3) is 0 Å². The fourth-order valence-corrected chi connectivity index (χ4v) is 1.78. The number of nitrogens with zero attached hydrogens (tertiary/aromatic N) is 3. The molecule has 0 saturated carbocycles. The Morgan fingerprint density at radius 3 is 2.29 bits per heavy atom. The molecular formula is C13H17N3O4S. The first kappa shape index (κ1) is 17.0. The summed E-state index contributed by atoms with van der Waals surface area (Å²) < 4.78 is 31.6. The van der Waals surface area contributed by atoms with Crippen LogP contribution in [0.1, 0.15) is 12.0 Å². The van der Waals surface area contributed by atoms with Crippen molar-refractivity contribution in [1.82, 2.24) is 9.80 Å². The Balaban J connectivity index is 0.000000383. The Labute approximate surface area is 124 Å². The molecule has 114 valence electrons. The lowest BCUT2D eigenvalue weighted by molar-refractivity contribution is 0.263. The van der Waals surface area contributed by atoms with E-state index in [1.165, 1.54) is 5.56 Å². The molecule has 2 rings (SSSR count). The fourth-order valence-electron chi connectivity index (χ4n) is 1.78. The number of benzene rings is 1. The van der Waals surface area contributed by atoms with Crippen molar-refractivity contribution in [1.29, 1.82) is 5.26 Å². The molecule has 2 N–H and O–H groups in total. The number of hydrogen-bond acceptors (Lipinski definition) is 5. The number of hydrogen-bond donors (Lipinski definition) is 2. The summed E-state index contributed by atoms with van der Waals surface area (Å²) >= 11 is 0. The summed E-state index contributed by atoms with van der Waals surface area (Å²) in [5.41, 5.74) is 1.31. The fraction of sp³-hybridized carbons (Fsp3) is 0.308. The van der Waals surface area contributed by atoms with Crippen molar-refractivity contribution < 1.29 is 17.5 Å². The first-order chi connectivity index (χ1) is 9.88. The van der Waals surface area contributed by atoms with Crippen molar-refractivity contribution >= 4 is 10.4 Å². The van der Waals surface area contributed by atoms with Crippen LogP contribution in [-0.4, -0.2) is 40.5 Å². The normalized spacial score (nSPS) is 13.6. The van der Waals surface area contributed by atoms with Gasteiger partial charge in [-0.2, -0.15) is 13.7 Å². The molecule has 1 aliphatic rings. The minimum absolute atomic E-state index is 0.587. The standard InChI is InChI=1S/C13H15N3.H2O4S/c14-7-4-8-15-9-10-16(12-15)11-13-5-2-1-3-6-13;1-5(2,3)4/h1-3,5-6,9-10H,4,8,11-12H2;(H2,1,2,3,4). The van der Waals surface area contributed by atoms with Crippen LogP contribution in [0.5, 0.6) is 0 Å². The van der Waals surface area contributed by atoms with Crippen LogP contribution in [0.15, 0.2) is 42.7 Å². The summed E-state index contributed by atoms with van der Waals surface area (Å²) in [4.78, 5) is 4.40. The minimum Gasteiger partial charge on any atom is -0.358 e. The van der Waals surface area contributed by atoms with Gasteiger partial charge in [0.1, 0.15) is 0 Å². The predicted octanol–water partition coefficient (Wildman–Crippen LogP) is 1.49. The highest BCUT2D eigenvalue weighted by molar-refractivity contribution is 7.79. The van der Waals surface area contributed by atoms with Gasteiger partial charge in [0.25, 0.3) is 0 Å². The number of nitriles is 1. The highest BCUT2D eigenvalue weighted by Gasteiger charge is 2.11. The van der Waals surface area contributed by atoms with Crippen molar-refractivity contribution in [2.24, 2.45) is 0 Å². The summed E-state index contributed by atoms with van der Waals surface area (Å²) in [5, 5.41) is 8.51. The third kappa shape index (κ3) is 8.65. The highest BCUT2D eigenvalue weighted by atomic mass is 32.3. The van der Waals surface area contributed by atoms with Crippen LogP contribution < -0.4 is 0 Å². The van der Waals surface area contributed by atoms with Crippen molar-refractivity contribution in [2.75, 3.05) is 13.2 Å². The predicted molar refractivity (Wildman–Crippen MR) is 77.1 cm³/mol. The molecule has 0 aliphatic carbocycles. The van der Waals surface area contributed by atoms with Gasteiger partial charge in [0.15, 0.2) is 0 Å². The van der Waals surface area contributed by atoms with Crippen LogP contribution in [-0.2, 0) is 16.9 Å². The molecule has 7 nitrogen and oxygen atoms in total. The van der Waals surface area contributed by atoms with Gasteiger partial charge in [0.05, 0.1) is 19.2 Å². The van der Waals surface area contributed by atoms with Gasteiger partial charge >= 0.3 is 10.4 Å². The zero-order valence-electron chi connectivity index (χ0n) is 11.3. The maximum absolute atomic E-state index is 8.74. The van der Waals surface area contributed by atoms with Crippen molar-refractivity contribution in [3.8, 4) is 6.07 Å². The van der Waals surface area contributed by atoms with Gasteiger partial charge in [-0.1, -0.05) is 30.3 Å². The molecule has 0 radical (unpaired) electrons. The second-order valence-electron chi connectivity index (χ2n) is 4.34. The third-order valence-electron chi connectivity index (χ3n) is 2.59. The molecule has 1 heterocycles. The first-order valence-corrected chi connectivity index (χ1v) is 7.55. The van der Waals surface area contributed by atoms with E-state index < -0.39 is 10.4 Å². The zero-order valence-corrected chi connectivity index (χ0v) is 12.1. The Morgan fingerprint density at radius 2 is 1.71 bits per heavy atom. The van der Waals surface area contributed by atoms with Crippen molar-refractivity contribution in [3.05, 3.63) is 48.3 Å². The Kier molecular flexibility index (Phi) is 6.68. The lowest BCUT2D eigenvalue weighted by Crippen LogP contribution is -2.25. The van der Waals surface area contributed by atoms with E-state index in [9.17, 15) is 0 Å². The molecule has 21 heavy (non-hydrogen) atoms. The Hall–Kier alpha value is -2.08. The van der Waals surface area contributed by atoms with Gasteiger partial charge in [0, 0.05) is 25.5 Å². The first-order valence-electron chi connectivity index (χ1n) is 6.15. The lowest BCUT2D eigenvalue weighted by Gasteiger charge is -2.20. The topological polar surface area (TPSA) is 105 Å². The Morgan fingerprint density at radius 1 is 1.14 bits per heavy atom. The number of rotatable bonds is 4. The smallest absolute Gasteiger partial charge is 0.358 e. The van der Waals surface area contributed by atoms with E-state index in [0.29, 0.717) is 6.42 Å². The van der Waals surface area contributed by atoms with Crippen molar-refractivity contribution in [3.63, 3.8) is 0 Å². The summed E-state index contributed by atoms with van der Waals surface area (Å²) in [6.45, 7) is 2.63. The largest absolute Gasteiger partial charge is 0.394 e. The lowest BCUT2D eigenvalue weighted by atomic mass is 10.2. The average Bonchev–Trinajstić information content (AvgIpc) is 2.83. The monoisotopic (exact) mass is 311 g/mol. The molecule has 0 aromatic heterocycles. The van der Waals surface area contributed by atoms with Crippen LogP contribution in [0.2, 0.25) is 0 Å². The van der Waals surface area contributed by atoms with E-state index in [0.717, 1.165) is 19.8 Å². The zero-order chi connectivity index (χ0) is 15.7. The van der Waals surface area contributed by atoms with E-state index in [2.05, 4.69) is 52.5 Å². The second kappa shape index (κ2) is 8.26. The SMILES string of the molecule is N#CCCN1C=CN(Cc2ccccc2)C1.O=S(=O)(O)O. The van der Waals surface area contributed by atoms with Gasteiger partial charge in [-0.3, -0.25) is 9.11 Å². The van der Waals surface area contributed by atoms with Gasteiger partial charge < -0.3 is 9.80 Å². The summed E-state index contributed by atoms with van der Waals surface area (Å²) in [6.07, 6.45) is 4.73. The molecule has 0 atom stereocenters. The van der Waals surface area contributed by atoms with Crippen LogP contribution >= 0.6 is 0 Å². The summed E-state index contributed by atoms with van der Waals surface area (Å²) in [6, 6.07) is 12.6. The van der Waals surface area contributed by atoms with Crippen molar-refractivity contribution in [2.45, 2.75) is 13.0 Å². The molecule has 1 aromatic rings. The minimum atomic E-state index is -4.67. The molecule has 0 amide bonds. The molecule has 8 heteroatoms. The van der Waals surface area contributed by atoms with E-state index in [1.54, 1.807) is 0 Å². The quantitative estimate of drug-likeness (QED) is 0.812. The molecule has 0 bridgehead atoms. The third-order valence-corrected chi connectivity index (χ3v) is 2.59. The Bertz CT molecular complexity index is 588. The molecule has 0 spiro atoms. The molecule has 1 aromatic carbocycles. The maximum atomic E-state index is 8.74. The van der Waals surface area contributed by atoms with Crippen LogP contribution in [0.3, 0.4) is 0 Å². The highest BCUT2D eigenvalue weighted by Crippen LogP contribution is 2.11. The summed E-state index contributed by atoms with van der Waals surface area (Å²) in [7, 11) is -4.67. The van der Waals surface area contributed by atoms with Gasteiger partial charge in [0.2, 0.25) is 0 Å². The summed E-state index contributed by atoms with van der Waals surface area (Å²) in [5.74, 6) is 0. The average molecular weight is 311 g/mol. The van der Waals surface area contributed by atoms with E-state index in [1.807, 2.05) is 6.07 Å². The van der Waals surface area contributed by atoms with Gasteiger partial charge in [-0.05, 0) is 5.56 Å². The molecule has 1 aliphatic heterocycles. The molecule has 0 unspecified atom stereocenters. The van der Waals surface area contributed by atoms with Gasteiger partial charge in [-0.25, -0.2) is 0 Å². The van der Waals surface area contributed by atoms with Crippen LogP contribution in [0.4, 0.5) is 0 Å². The van der Waals surface area contributed by atoms with E-state index in [-0.39, 0.29) is 0 Å². The molecule has 0 saturated heterocycles. The maximum Gasteiger partial charge on any atom is 0.394 e. The second-order valence-corrected chi connectivity index (χ2v) is 5.24. The van der Waals surface area contributed by atoms with Gasteiger partial charge in [-0.15, -0.1) is 0 Å². The van der Waals surface area contributed by atoms with E-state index in [4.69, 9.17) is 22.8 Å². The molecular weight excluding hydrogens is 294 g/mol. The molecule has 0 fully saturated rings. The van der Waals surface area contributed by atoms with Crippen LogP contribution in [0, 0.1) is 11.3 Å². The van der Waals surface area contributed by atoms with E-state index >= 15 is 0 Å².